The Morgan fingerprint density at radius 1 is 1.44 bits per heavy atom. The first-order valence-corrected chi connectivity index (χ1v) is 5.98. The van der Waals surface area contributed by atoms with Gasteiger partial charge in [0.1, 0.15) is 0 Å². The number of imidazole rings is 1. The van der Waals surface area contributed by atoms with Crippen molar-refractivity contribution in [2.75, 3.05) is 12.4 Å². The van der Waals surface area contributed by atoms with Gasteiger partial charge in [0.05, 0.1) is 10.7 Å². The Balaban J connectivity index is 2.53. The second kappa shape index (κ2) is 4.47. The smallest absolute Gasteiger partial charge is 0.207 e. The van der Waals surface area contributed by atoms with Crippen molar-refractivity contribution in [3.8, 4) is 5.69 Å². The molecule has 0 unspecified atom stereocenters. The van der Waals surface area contributed by atoms with Crippen molar-refractivity contribution < 1.29 is 0 Å². The molecule has 16 heavy (non-hydrogen) atoms. The van der Waals surface area contributed by atoms with Gasteiger partial charge < -0.3 is 5.32 Å². The Morgan fingerprint density at radius 3 is 2.81 bits per heavy atom. The van der Waals surface area contributed by atoms with Crippen LogP contribution < -0.4 is 5.32 Å². The van der Waals surface area contributed by atoms with E-state index < -0.39 is 0 Å². The number of nitrogens with zero attached hydrogens (tertiary/aromatic N) is 2. The van der Waals surface area contributed by atoms with E-state index in [0.29, 0.717) is 5.02 Å². The summed E-state index contributed by atoms with van der Waals surface area (Å²) in [4.78, 5) is 4.36. The van der Waals surface area contributed by atoms with Crippen molar-refractivity contribution in [2.45, 2.75) is 6.92 Å². The quantitative estimate of drug-likeness (QED) is 0.917. The van der Waals surface area contributed by atoms with Crippen LogP contribution in [0.5, 0.6) is 0 Å². The van der Waals surface area contributed by atoms with Crippen LogP contribution in [0.1, 0.15) is 5.69 Å². The highest BCUT2D eigenvalue weighted by atomic mass is 79.9. The molecule has 84 valence electrons. The molecule has 5 heteroatoms. The fraction of sp³-hybridized carbons (Fsp3) is 0.182. The monoisotopic (exact) mass is 299 g/mol. The van der Waals surface area contributed by atoms with Gasteiger partial charge in [-0.15, -0.1) is 0 Å². The van der Waals surface area contributed by atoms with Crippen LogP contribution >= 0.6 is 27.5 Å². The van der Waals surface area contributed by atoms with E-state index in [1.165, 1.54) is 0 Å². The van der Waals surface area contributed by atoms with Crippen LogP contribution in [0, 0.1) is 6.92 Å². The zero-order valence-electron chi connectivity index (χ0n) is 8.96. The molecule has 0 fully saturated rings. The fourth-order valence-electron chi connectivity index (χ4n) is 1.51. The first kappa shape index (κ1) is 11.5. The minimum atomic E-state index is 0.701. The third-order valence-corrected chi connectivity index (χ3v) is 3.45. The number of hydrogen-bond acceptors (Lipinski definition) is 2. The van der Waals surface area contributed by atoms with Gasteiger partial charge in [0, 0.05) is 23.4 Å². The SMILES string of the molecule is CNc1nc(C)cn1-c1ccc(Cl)c(Br)c1. The predicted octanol–water partition coefficient (Wildman–Crippen LogP) is 3.64. The van der Waals surface area contributed by atoms with Gasteiger partial charge in [-0.3, -0.25) is 4.57 Å². The van der Waals surface area contributed by atoms with Crippen LogP contribution in [-0.4, -0.2) is 16.6 Å². The number of aromatic nitrogens is 2. The molecule has 0 aliphatic carbocycles. The summed E-state index contributed by atoms with van der Waals surface area (Å²) < 4.78 is 2.86. The standard InChI is InChI=1S/C11H11BrClN3/c1-7-6-16(11(14-2)15-7)8-3-4-10(13)9(12)5-8/h3-6H,1-2H3,(H,14,15). The third kappa shape index (κ3) is 2.08. The predicted molar refractivity (Wildman–Crippen MR) is 70.6 cm³/mol. The van der Waals surface area contributed by atoms with Crippen LogP contribution in [0.15, 0.2) is 28.9 Å². The third-order valence-electron chi connectivity index (χ3n) is 2.23. The summed E-state index contributed by atoms with van der Waals surface area (Å²) in [6.07, 6.45) is 1.97. The lowest BCUT2D eigenvalue weighted by atomic mass is 10.3. The minimum Gasteiger partial charge on any atom is -0.358 e. The average molecular weight is 301 g/mol. The fourth-order valence-corrected chi connectivity index (χ4v) is 1.99. The zero-order chi connectivity index (χ0) is 11.7. The van der Waals surface area contributed by atoms with Crippen molar-refractivity contribution >= 4 is 33.5 Å². The highest BCUT2D eigenvalue weighted by Crippen LogP contribution is 2.26. The van der Waals surface area contributed by atoms with Crippen LogP contribution in [-0.2, 0) is 0 Å². The molecule has 0 atom stereocenters. The summed E-state index contributed by atoms with van der Waals surface area (Å²) in [5.74, 6) is 0.812. The molecule has 2 aromatic rings. The van der Waals surface area contributed by atoms with Gasteiger partial charge in [0.2, 0.25) is 5.95 Å². The first-order valence-electron chi connectivity index (χ1n) is 4.81. The van der Waals surface area contributed by atoms with Crippen LogP contribution in [0.25, 0.3) is 5.69 Å². The van der Waals surface area contributed by atoms with Gasteiger partial charge >= 0.3 is 0 Å². The van der Waals surface area contributed by atoms with Crippen molar-refractivity contribution in [3.05, 3.63) is 39.6 Å². The Bertz CT molecular complexity index is 522. The molecular weight excluding hydrogens is 289 g/mol. The summed E-state index contributed by atoms with van der Waals surface area (Å²) in [6.45, 7) is 1.96. The summed E-state index contributed by atoms with van der Waals surface area (Å²) >= 11 is 9.37. The average Bonchev–Trinajstić information content (AvgIpc) is 2.63. The van der Waals surface area contributed by atoms with E-state index in [1.807, 2.05) is 42.9 Å². The maximum absolute atomic E-state index is 5.96. The van der Waals surface area contributed by atoms with Crippen LogP contribution in [0.3, 0.4) is 0 Å². The first-order chi connectivity index (χ1) is 7.61. The van der Waals surface area contributed by atoms with Gasteiger partial charge in [-0.1, -0.05) is 11.6 Å². The molecule has 3 nitrogen and oxygen atoms in total. The van der Waals surface area contributed by atoms with Gasteiger partial charge in [-0.2, -0.15) is 0 Å². The molecule has 1 N–H and O–H groups in total. The van der Waals surface area contributed by atoms with E-state index >= 15 is 0 Å². The Morgan fingerprint density at radius 2 is 2.19 bits per heavy atom. The lowest BCUT2D eigenvalue weighted by Crippen LogP contribution is -2.00. The van der Waals surface area contributed by atoms with Gasteiger partial charge in [0.25, 0.3) is 0 Å². The molecule has 0 saturated carbocycles. The lowest BCUT2D eigenvalue weighted by molar-refractivity contribution is 1.05. The molecule has 0 aliphatic rings. The number of hydrogen-bond donors (Lipinski definition) is 1. The minimum absolute atomic E-state index is 0.701. The Labute approximate surface area is 108 Å². The van der Waals surface area contributed by atoms with Crippen molar-refractivity contribution in [3.63, 3.8) is 0 Å². The van der Waals surface area contributed by atoms with E-state index in [4.69, 9.17) is 11.6 Å². The summed E-state index contributed by atoms with van der Waals surface area (Å²) in [7, 11) is 1.85. The maximum Gasteiger partial charge on any atom is 0.207 e. The van der Waals surface area contributed by atoms with E-state index in [1.54, 1.807) is 0 Å². The molecular formula is C11H11BrClN3. The normalized spacial score (nSPS) is 10.5. The molecule has 0 aliphatic heterocycles. The number of rotatable bonds is 2. The van der Waals surface area contributed by atoms with E-state index in [2.05, 4.69) is 26.2 Å². The maximum atomic E-state index is 5.96. The molecule has 0 radical (unpaired) electrons. The number of halogens is 2. The number of aryl methyl sites for hydroxylation is 1. The molecule has 0 saturated heterocycles. The van der Waals surface area contributed by atoms with Crippen molar-refractivity contribution in [1.29, 1.82) is 0 Å². The largest absolute Gasteiger partial charge is 0.358 e. The highest BCUT2D eigenvalue weighted by molar-refractivity contribution is 9.10. The Kier molecular flexibility index (Phi) is 3.21. The second-order valence-electron chi connectivity index (χ2n) is 3.42. The lowest BCUT2D eigenvalue weighted by Gasteiger charge is -2.07. The second-order valence-corrected chi connectivity index (χ2v) is 4.69. The Hall–Kier alpha value is -1.000. The van der Waals surface area contributed by atoms with Gasteiger partial charge in [0.15, 0.2) is 0 Å². The zero-order valence-corrected chi connectivity index (χ0v) is 11.3. The van der Waals surface area contributed by atoms with Crippen molar-refractivity contribution in [2.24, 2.45) is 0 Å². The highest BCUT2D eigenvalue weighted by Gasteiger charge is 2.07. The van der Waals surface area contributed by atoms with E-state index in [0.717, 1.165) is 21.8 Å². The van der Waals surface area contributed by atoms with Gasteiger partial charge in [-0.25, -0.2) is 4.98 Å². The molecule has 0 amide bonds. The van der Waals surface area contributed by atoms with Crippen LogP contribution in [0.4, 0.5) is 5.95 Å². The molecule has 1 aromatic heterocycles. The van der Waals surface area contributed by atoms with Crippen molar-refractivity contribution in [1.82, 2.24) is 9.55 Å². The molecule has 1 heterocycles. The number of benzene rings is 1. The topological polar surface area (TPSA) is 29.9 Å². The summed E-state index contributed by atoms with van der Waals surface area (Å²) in [5, 5.41) is 3.75. The molecule has 0 bridgehead atoms. The van der Waals surface area contributed by atoms with E-state index in [-0.39, 0.29) is 0 Å². The summed E-state index contributed by atoms with van der Waals surface area (Å²) in [6, 6.07) is 5.77. The molecule has 2 rings (SSSR count). The van der Waals surface area contributed by atoms with E-state index in [9.17, 15) is 0 Å². The van der Waals surface area contributed by atoms with Crippen LogP contribution in [0.2, 0.25) is 5.02 Å². The number of anilines is 1. The number of nitrogens with one attached hydrogen (secondary N) is 1. The van der Waals surface area contributed by atoms with Gasteiger partial charge in [-0.05, 0) is 41.1 Å². The summed E-state index contributed by atoms with van der Waals surface area (Å²) in [5.41, 5.74) is 1.98. The molecule has 0 spiro atoms. The molecule has 1 aromatic carbocycles.